The van der Waals surface area contributed by atoms with Gasteiger partial charge in [-0.05, 0) is 13.8 Å². The average molecular weight is 227 g/mol. The molecule has 0 aromatic carbocycles. The maximum Gasteiger partial charge on any atom is 0.346 e. The second-order valence-corrected chi connectivity index (χ2v) is 4.73. The number of amides is 1. The molecule has 80 valence electrons. The van der Waals surface area contributed by atoms with E-state index in [2.05, 4.69) is 5.32 Å². The van der Waals surface area contributed by atoms with Crippen molar-refractivity contribution in [2.24, 2.45) is 0 Å². The normalized spacial score (nSPS) is 17.6. The number of hydrogen-bond acceptors (Lipinski definition) is 4. The first-order valence-corrected chi connectivity index (χ1v) is 5.09. The Labute approximate surface area is 89.7 Å². The van der Waals surface area contributed by atoms with E-state index in [9.17, 15) is 9.59 Å². The number of thiophene rings is 1. The first kappa shape index (κ1) is 9.97. The lowest BCUT2D eigenvalue weighted by Crippen LogP contribution is -2.45. The van der Waals surface area contributed by atoms with E-state index in [-0.39, 0.29) is 10.8 Å². The lowest BCUT2D eigenvalue weighted by atomic mass is 10.1. The summed E-state index contributed by atoms with van der Waals surface area (Å²) in [7, 11) is 0. The lowest BCUT2D eigenvalue weighted by Gasteiger charge is -2.29. The molecular weight excluding hydrogens is 218 g/mol. The van der Waals surface area contributed by atoms with Crippen LogP contribution in [0.2, 0.25) is 0 Å². The van der Waals surface area contributed by atoms with E-state index in [1.54, 1.807) is 13.8 Å². The first-order valence-electron chi connectivity index (χ1n) is 4.28. The number of hydrogen-bond donors (Lipinski definition) is 2. The second-order valence-electron chi connectivity index (χ2n) is 3.68. The van der Waals surface area contributed by atoms with Gasteiger partial charge in [0, 0.05) is 6.07 Å². The van der Waals surface area contributed by atoms with Gasteiger partial charge in [-0.1, -0.05) is 0 Å². The molecule has 0 bridgehead atoms. The molecule has 6 heteroatoms. The Kier molecular flexibility index (Phi) is 1.97. The predicted octanol–water partition coefficient (Wildman–Crippen LogP) is 1.56. The average Bonchev–Trinajstić information content (AvgIpc) is 2.47. The highest BCUT2D eigenvalue weighted by molar-refractivity contribution is 7.18. The molecule has 1 aromatic heterocycles. The predicted molar refractivity (Wildman–Crippen MR) is 54.6 cm³/mol. The fourth-order valence-electron chi connectivity index (χ4n) is 1.22. The summed E-state index contributed by atoms with van der Waals surface area (Å²) in [6.45, 7) is 3.26. The summed E-state index contributed by atoms with van der Waals surface area (Å²) >= 11 is 0.991. The molecule has 2 N–H and O–H groups in total. The van der Waals surface area contributed by atoms with Crippen LogP contribution in [0.1, 0.15) is 23.5 Å². The summed E-state index contributed by atoms with van der Waals surface area (Å²) in [5.41, 5.74) is -0.955. The summed E-state index contributed by atoms with van der Waals surface area (Å²) in [5, 5.41) is 11.8. The van der Waals surface area contributed by atoms with Gasteiger partial charge in [-0.15, -0.1) is 11.3 Å². The number of aromatic carboxylic acids is 1. The van der Waals surface area contributed by atoms with Crippen molar-refractivity contribution in [3.63, 3.8) is 0 Å². The van der Waals surface area contributed by atoms with Crippen LogP contribution < -0.4 is 10.1 Å². The molecule has 1 aromatic rings. The van der Waals surface area contributed by atoms with Gasteiger partial charge in [-0.2, -0.15) is 0 Å². The smallest absolute Gasteiger partial charge is 0.346 e. The van der Waals surface area contributed by atoms with E-state index >= 15 is 0 Å². The Morgan fingerprint density at radius 1 is 1.60 bits per heavy atom. The molecule has 0 saturated carbocycles. The van der Waals surface area contributed by atoms with Gasteiger partial charge in [0.05, 0.1) is 0 Å². The molecule has 0 aliphatic carbocycles. The highest BCUT2D eigenvalue weighted by atomic mass is 32.1. The SMILES string of the molecule is CC1(C)Oc2cc(C(=O)O)sc2NC1=O. The Morgan fingerprint density at radius 2 is 2.27 bits per heavy atom. The van der Waals surface area contributed by atoms with Crippen molar-refractivity contribution in [3.8, 4) is 5.75 Å². The number of nitrogens with one attached hydrogen (secondary N) is 1. The van der Waals surface area contributed by atoms with Crippen molar-refractivity contribution in [3.05, 3.63) is 10.9 Å². The van der Waals surface area contributed by atoms with Crippen LogP contribution in [-0.4, -0.2) is 22.6 Å². The molecule has 0 fully saturated rings. The number of carbonyl (C=O) groups excluding carboxylic acids is 1. The van der Waals surface area contributed by atoms with Gasteiger partial charge in [0.25, 0.3) is 5.91 Å². The minimum absolute atomic E-state index is 0.151. The maximum absolute atomic E-state index is 11.5. The number of carboxylic acid groups (broad SMARTS) is 1. The number of fused-ring (bicyclic) bond motifs is 1. The van der Waals surface area contributed by atoms with E-state index in [0.29, 0.717) is 10.8 Å². The van der Waals surface area contributed by atoms with E-state index in [0.717, 1.165) is 11.3 Å². The molecule has 1 aliphatic rings. The van der Waals surface area contributed by atoms with E-state index in [1.165, 1.54) is 6.07 Å². The van der Waals surface area contributed by atoms with Gasteiger partial charge >= 0.3 is 5.97 Å². The minimum Gasteiger partial charge on any atom is -0.477 e. The molecule has 2 rings (SSSR count). The summed E-state index contributed by atoms with van der Waals surface area (Å²) in [5.74, 6) is -0.874. The second kappa shape index (κ2) is 2.96. The van der Waals surface area contributed by atoms with Crippen molar-refractivity contribution in [1.29, 1.82) is 0 Å². The van der Waals surface area contributed by atoms with Crippen LogP contribution in [0.3, 0.4) is 0 Å². The van der Waals surface area contributed by atoms with Crippen LogP contribution in [0.15, 0.2) is 6.07 Å². The molecule has 15 heavy (non-hydrogen) atoms. The van der Waals surface area contributed by atoms with Crippen molar-refractivity contribution in [1.82, 2.24) is 0 Å². The van der Waals surface area contributed by atoms with Crippen LogP contribution in [0, 0.1) is 0 Å². The Hall–Kier alpha value is -1.56. The Balaban J connectivity index is 2.42. The van der Waals surface area contributed by atoms with E-state index in [4.69, 9.17) is 9.84 Å². The number of rotatable bonds is 1. The molecule has 0 atom stereocenters. The number of ether oxygens (including phenoxy) is 1. The molecule has 1 amide bonds. The molecule has 5 nitrogen and oxygen atoms in total. The fourth-order valence-corrected chi connectivity index (χ4v) is 2.04. The van der Waals surface area contributed by atoms with Crippen molar-refractivity contribution < 1.29 is 19.4 Å². The van der Waals surface area contributed by atoms with Crippen LogP contribution in [0.25, 0.3) is 0 Å². The van der Waals surface area contributed by atoms with Gasteiger partial charge in [0.15, 0.2) is 11.4 Å². The van der Waals surface area contributed by atoms with E-state index in [1.807, 2.05) is 0 Å². The highest BCUT2D eigenvalue weighted by Gasteiger charge is 2.37. The molecule has 0 radical (unpaired) electrons. The third-order valence-electron chi connectivity index (χ3n) is 2.05. The number of carboxylic acids is 1. The quantitative estimate of drug-likeness (QED) is 0.763. The third kappa shape index (κ3) is 1.56. The maximum atomic E-state index is 11.5. The van der Waals surface area contributed by atoms with Gasteiger partial charge < -0.3 is 15.2 Å². The summed E-state index contributed by atoms with van der Waals surface area (Å²) in [6, 6.07) is 1.42. The van der Waals surface area contributed by atoms with Crippen LogP contribution in [0.4, 0.5) is 5.00 Å². The largest absolute Gasteiger partial charge is 0.477 e. The number of carbonyl (C=O) groups is 2. The first-order chi connectivity index (χ1) is 6.90. The molecule has 1 aliphatic heterocycles. The lowest BCUT2D eigenvalue weighted by molar-refractivity contribution is -0.129. The molecule has 0 unspecified atom stereocenters. The molecular formula is C9H9NO4S. The van der Waals surface area contributed by atoms with Crippen LogP contribution in [-0.2, 0) is 4.79 Å². The molecule has 0 saturated heterocycles. The summed E-state index contributed by atoms with van der Waals surface area (Å²) < 4.78 is 5.40. The van der Waals surface area contributed by atoms with Crippen molar-refractivity contribution in [2.45, 2.75) is 19.4 Å². The van der Waals surface area contributed by atoms with Crippen LogP contribution >= 0.6 is 11.3 Å². The van der Waals surface area contributed by atoms with Gasteiger partial charge in [0.2, 0.25) is 0 Å². The molecule has 0 spiro atoms. The zero-order valence-corrected chi connectivity index (χ0v) is 8.97. The molecule has 2 heterocycles. The summed E-state index contributed by atoms with van der Waals surface area (Å²) in [4.78, 5) is 22.3. The van der Waals surface area contributed by atoms with Crippen molar-refractivity contribution in [2.75, 3.05) is 5.32 Å². The Bertz CT molecular complexity index is 449. The topological polar surface area (TPSA) is 75.6 Å². The van der Waals surface area contributed by atoms with Gasteiger partial charge in [-0.25, -0.2) is 4.79 Å². The van der Waals surface area contributed by atoms with E-state index < -0.39 is 11.6 Å². The van der Waals surface area contributed by atoms with Crippen molar-refractivity contribution >= 4 is 28.2 Å². The standard InChI is InChI=1S/C9H9NO4S/c1-9(2)8(13)10-6-4(14-9)3-5(15-6)7(11)12/h3H,1-2H3,(H,10,13)(H,11,12). The van der Waals surface area contributed by atoms with Gasteiger partial charge in [-0.3, -0.25) is 4.79 Å². The monoisotopic (exact) mass is 227 g/mol. The zero-order valence-electron chi connectivity index (χ0n) is 8.16. The summed E-state index contributed by atoms with van der Waals surface area (Å²) in [6.07, 6.45) is 0. The fraction of sp³-hybridized carbons (Fsp3) is 0.333. The highest BCUT2D eigenvalue weighted by Crippen LogP contribution is 2.40. The van der Waals surface area contributed by atoms with Crippen LogP contribution in [0.5, 0.6) is 5.75 Å². The number of anilines is 1. The van der Waals surface area contributed by atoms with Gasteiger partial charge in [0.1, 0.15) is 9.88 Å². The zero-order chi connectivity index (χ0) is 11.2. The Morgan fingerprint density at radius 3 is 2.87 bits per heavy atom. The third-order valence-corrected chi connectivity index (χ3v) is 3.07. The minimum atomic E-state index is -1.02.